The van der Waals surface area contributed by atoms with Gasteiger partial charge in [0.2, 0.25) is 0 Å². The summed E-state index contributed by atoms with van der Waals surface area (Å²) in [5.41, 5.74) is 0.0229. The van der Waals surface area contributed by atoms with Crippen molar-refractivity contribution in [3.63, 3.8) is 0 Å². The van der Waals surface area contributed by atoms with Gasteiger partial charge < -0.3 is 4.74 Å². The van der Waals surface area contributed by atoms with Crippen LogP contribution in [0.5, 0.6) is 5.75 Å². The molecule has 0 atom stereocenters. The van der Waals surface area contributed by atoms with Gasteiger partial charge in [-0.1, -0.05) is 11.6 Å². The quantitative estimate of drug-likeness (QED) is 0.838. The SMILES string of the molecule is O=C(COc1ccc(Cl)cc1)Cc1cc(F)ccc1F. The molecule has 2 aromatic carbocycles. The van der Waals surface area contributed by atoms with Gasteiger partial charge in [0.1, 0.15) is 24.0 Å². The van der Waals surface area contributed by atoms with Crippen molar-refractivity contribution in [3.8, 4) is 5.75 Å². The molecule has 0 heterocycles. The topological polar surface area (TPSA) is 26.3 Å². The lowest BCUT2D eigenvalue weighted by atomic mass is 10.1. The van der Waals surface area contributed by atoms with E-state index in [1.165, 1.54) is 0 Å². The van der Waals surface area contributed by atoms with Gasteiger partial charge in [0.15, 0.2) is 5.78 Å². The lowest BCUT2D eigenvalue weighted by molar-refractivity contribution is -0.120. The molecule has 0 saturated heterocycles. The third-order valence-corrected chi connectivity index (χ3v) is 2.86. The molecule has 0 N–H and O–H groups in total. The van der Waals surface area contributed by atoms with Crippen molar-refractivity contribution in [1.29, 1.82) is 0 Å². The summed E-state index contributed by atoms with van der Waals surface area (Å²) in [5.74, 6) is -1.04. The van der Waals surface area contributed by atoms with Crippen molar-refractivity contribution in [2.75, 3.05) is 6.61 Å². The third-order valence-electron chi connectivity index (χ3n) is 2.61. The fraction of sp³-hybridized carbons (Fsp3) is 0.133. The Morgan fingerprint density at radius 2 is 1.80 bits per heavy atom. The maximum Gasteiger partial charge on any atom is 0.174 e. The maximum absolute atomic E-state index is 13.4. The molecule has 0 fully saturated rings. The minimum Gasteiger partial charge on any atom is -0.486 e. The highest BCUT2D eigenvalue weighted by atomic mass is 35.5. The molecule has 0 radical (unpaired) electrons. The fourth-order valence-corrected chi connectivity index (χ4v) is 1.76. The predicted molar refractivity (Wildman–Crippen MR) is 72.0 cm³/mol. The number of hydrogen-bond acceptors (Lipinski definition) is 2. The van der Waals surface area contributed by atoms with Gasteiger partial charge >= 0.3 is 0 Å². The first-order valence-electron chi connectivity index (χ1n) is 5.88. The predicted octanol–water partition coefficient (Wildman–Crippen LogP) is 3.81. The number of Topliss-reactive ketones (excluding diaryl/α,β-unsaturated/α-hetero) is 1. The van der Waals surface area contributed by atoms with Crippen LogP contribution in [0.4, 0.5) is 8.78 Å². The molecule has 0 aliphatic rings. The zero-order valence-corrected chi connectivity index (χ0v) is 11.2. The molecule has 0 bridgehead atoms. The normalized spacial score (nSPS) is 10.3. The van der Waals surface area contributed by atoms with E-state index in [9.17, 15) is 13.6 Å². The van der Waals surface area contributed by atoms with E-state index in [0.29, 0.717) is 10.8 Å². The van der Waals surface area contributed by atoms with Crippen molar-refractivity contribution in [3.05, 3.63) is 64.7 Å². The van der Waals surface area contributed by atoms with Crippen LogP contribution >= 0.6 is 11.6 Å². The van der Waals surface area contributed by atoms with Crippen LogP contribution in [-0.4, -0.2) is 12.4 Å². The van der Waals surface area contributed by atoms with Crippen molar-refractivity contribution in [1.82, 2.24) is 0 Å². The van der Waals surface area contributed by atoms with E-state index in [2.05, 4.69) is 0 Å². The Labute approximate surface area is 119 Å². The highest BCUT2D eigenvalue weighted by Gasteiger charge is 2.10. The second kappa shape index (κ2) is 6.48. The molecular weight excluding hydrogens is 286 g/mol. The van der Waals surface area contributed by atoms with E-state index in [0.717, 1.165) is 18.2 Å². The van der Waals surface area contributed by atoms with Crippen molar-refractivity contribution in [2.24, 2.45) is 0 Å². The molecule has 0 aliphatic carbocycles. The highest BCUT2D eigenvalue weighted by molar-refractivity contribution is 6.30. The number of hydrogen-bond donors (Lipinski definition) is 0. The van der Waals surface area contributed by atoms with Crippen LogP contribution in [0.2, 0.25) is 5.02 Å². The second-order valence-electron chi connectivity index (χ2n) is 4.19. The van der Waals surface area contributed by atoms with Crippen LogP contribution in [-0.2, 0) is 11.2 Å². The first kappa shape index (κ1) is 14.5. The average molecular weight is 297 g/mol. The van der Waals surface area contributed by atoms with Crippen molar-refractivity contribution < 1.29 is 18.3 Å². The summed E-state index contributed by atoms with van der Waals surface area (Å²) in [6.07, 6.45) is -0.211. The van der Waals surface area contributed by atoms with Gasteiger partial charge in [-0.25, -0.2) is 8.78 Å². The van der Waals surface area contributed by atoms with E-state index >= 15 is 0 Å². The van der Waals surface area contributed by atoms with Gasteiger partial charge in [0, 0.05) is 11.4 Å². The van der Waals surface area contributed by atoms with Crippen molar-refractivity contribution >= 4 is 17.4 Å². The Hall–Kier alpha value is -1.94. The molecule has 0 amide bonds. The Kier molecular flexibility index (Phi) is 4.69. The number of benzene rings is 2. The number of ketones is 1. The minimum absolute atomic E-state index is 0.0229. The number of carbonyl (C=O) groups excluding carboxylic acids is 1. The van der Waals surface area contributed by atoms with Crippen molar-refractivity contribution in [2.45, 2.75) is 6.42 Å². The van der Waals surface area contributed by atoms with Gasteiger partial charge in [-0.2, -0.15) is 0 Å². The second-order valence-corrected chi connectivity index (χ2v) is 4.63. The molecule has 2 aromatic rings. The van der Waals surface area contributed by atoms with Gasteiger partial charge in [0.05, 0.1) is 0 Å². The summed E-state index contributed by atoms with van der Waals surface area (Å²) in [6, 6.07) is 9.53. The largest absolute Gasteiger partial charge is 0.486 e. The van der Waals surface area contributed by atoms with E-state index in [4.69, 9.17) is 16.3 Å². The van der Waals surface area contributed by atoms with Gasteiger partial charge in [0.25, 0.3) is 0 Å². The lowest BCUT2D eigenvalue weighted by Gasteiger charge is -2.06. The number of halogens is 3. The minimum atomic E-state index is -0.605. The summed E-state index contributed by atoms with van der Waals surface area (Å²) in [4.78, 5) is 11.7. The zero-order valence-electron chi connectivity index (χ0n) is 10.4. The Morgan fingerprint density at radius 3 is 2.50 bits per heavy atom. The molecule has 0 saturated carbocycles. The van der Waals surface area contributed by atoms with E-state index < -0.39 is 11.6 Å². The van der Waals surface area contributed by atoms with Crippen LogP contribution < -0.4 is 4.74 Å². The first-order valence-corrected chi connectivity index (χ1v) is 6.26. The van der Waals surface area contributed by atoms with Crippen LogP contribution in [0.15, 0.2) is 42.5 Å². The van der Waals surface area contributed by atoms with E-state index in [1.54, 1.807) is 24.3 Å². The summed E-state index contributed by atoms with van der Waals surface area (Å²) in [5, 5.41) is 0.561. The molecule has 0 aromatic heterocycles. The van der Waals surface area contributed by atoms with E-state index in [-0.39, 0.29) is 24.4 Å². The summed E-state index contributed by atoms with van der Waals surface area (Å²) < 4.78 is 31.6. The van der Waals surface area contributed by atoms with E-state index in [1.807, 2.05) is 0 Å². The molecule has 0 spiro atoms. The molecule has 104 valence electrons. The highest BCUT2D eigenvalue weighted by Crippen LogP contribution is 2.16. The molecule has 2 rings (SSSR count). The van der Waals surface area contributed by atoms with Gasteiger partial charge in [-0.05, 0) is 48.0 Å². The molecule has 0 aliphatic heterocycles. The monoisotopic (exact) mass is 296 g/mol. The third kappa shape index (κ3) is 4.03. The first-order chi connectivity index (χ1) is 9.54. The van der Waals surface area contributed by atoms with Gasteiger partial charge in [-0.3, -0.25) is 4.79 Å². The molecule has 0 unspecified atom stereocenters. The molecule has 20 heavy (non-hydrogen) atoms. The fourth-order valence-electron chi connectivity index (χ4n) is 1.64. The van der Waals surface area contributed by atoms with Crippen LogP contribution in [0.1, 0.15) is 5.56 Å². The smallest absolute Gasteiger partial charge is 0.174 e. The molecule has 5 heteroatoms. The number of ether oxygens (including phenoxy) is 1. The Morgan fingerprint density at radius 1 is 1.10 bits per heavy atom. The number of carbonyl (C=O) groups is 1. The Bertz CT molecular complexity index is 612. The van der Waals surface area contributed by atoms with Crippen LogP contribution in [0.25, 0.3) is 0 Å². The van der Waals surface area contributed by atoms with Crippen LogP contribution in [0, 0.1) is 11.6 Å². The van der Waals surface area contributed by atoms with Crippen LogP contribution in [0.3, 0.4) is 0 Å². The zero-order chi connectivity index (χ0) is 14.5. The molecular formula is C15H11ClF2O2. The maximum atomic E-state index is 13.4. The summed E-state index contributed by atoms with van der Waals surface area (Å²) >= 11 is 5.71. The summed E-state index contributed by atoms with van der Waals surface area (Å²) in [7, 11) is 0. The molecule has 2 nitrogen and oxygen atoms in total. The summed E-state index contributed by atoms with van der Waals surface area (Å²) in [6.45, 7) is -0.211. The standard InChI is InChI=1S/C15H11ClF2O2/c16-11-1-4-14(5-2-11)20-9-13(19)8-10-7-12(17)3-6-15(10)18/h1-7H,8-9H2. The number of rotatable bonds is 5. The average Bonchev–Trinajstić information content (AvgIpc) is 2.42. The van der Waals surface area contributed by atoms with Gasteiger partial charge in [-0.15, -0.1) is 0 Å². The lowest BCUT2D eigenvalue weighted by Crippen LogP contribution is -2.14. The Balaban J connectivity index is 1.92.